The van der Waals surface area contributed by atoms with Crippen LogP contribution in [0.15, 0.2) is 0 Å². The highest BCUT2D eigenvalue weighted by Crippen LogP contribution is 2.13. The van der Waals surface area contributed by atoms with Crippen molar-refractivity contribution in [3.63, 3.8) is 0 Å². The number of halogens is 1. The SMILES string of the molecule is NCCC(=O)N1CCC(F)CC1. The predicted molar refractivity (Wildman–Crippen MR) is 44.4 cm³/mol. The molecule has 1 aliphatic heterocycles. The predicted octanol–water partition coefficient (Wildman–Crippen LogP) is 0.296. The normalized spacial score (nSPS) is 19.7. The second-order valence-electron chi connectivity index (χ2n) is 3.09. The molecule has 3 nitrogen and oxygen atoms in total. The van der Waals surface area contributed by atoms with Gasteiger partial charge in [-0.15, -0.1) is 0 Å². The van der Waals surface area contributed by atoms with Gasteiger partial charge in [-0.3, -0.25) is 4.79 Å². The van der Waals surface area contributed by atoms with Crippen LogP contribution < -0.4 is 5.73 Å². The number of rotatable bonds is 2. The first-order chi connectivity index (χ1) is 5.74. The molecule has 0 aromatic heterocycles. The van der Waals surface area contributed by atoms with Crippen molar-refractivity contribution in [3.8, 4) is 0 Å². The minimum atomic E-state index is -0.716. The minimum absolute atomic E-state index is 0.0596. The number of carbonyl (C=O) groups excluding carboxylic acids is 1. The average molecular weight is 174 g/mol. The van der Waals surface area contributed by atoms with Gasteiger partial charge in [0, 0.05) is 26.1 Å². The number of piperidine rings is 1. The van der Waals surface area contributed by atoms with Gasteiger partial charge in [-0.25, -0.2) is 4.39 Å². The molecule has 0 bridgehead atoms. The molecular formula is C8H15FN2O. The molecule has 1 amide bonds. The van der Waals surface area contributed by atoms with Gasteiger partial charge in [0.1, 0.15) is 6.17 Å². The van der Waals surface area contributed by atoms with Crippen molar-refractivity contribution in [2.24, 2.45) is 5.73 Å². The van der Waals surface area contributed by atoms with Crippen LogP contribution in [0, 0.1) is 0 Å². The number of alkyl halides is 1. The molecule has 1 aliphatic rings. The molecule has 12 heavy (non-hydrogen) atoms. The molecule has 0 saturated carbocycles. The van der Waals surface area contributed by atoms with Gasteiger partial charge in [0.15, 0.2) is 0 Å². The zero-order chi connectivity index (χ0) is 8.97. The van der Waals surface area contributed by atoms with Crippen molar-refractivity contribution in [2.45, 2.75) is 25.4 Å². The molecule has 0 atom stereocenters. The van der Waals surface area contributed by atoms with Gasteiger partial charge in [0.05, 0.1) is 0 Å². The van der Waals surface area contributed by atoms with Crippen molar-refractivity contribution in [2.75, 3.05) is 19.6 Å². The summed E-state index contributed by atoms with van der Waals surface area (Å²) in [4.78, 5) is 12.9. The van der Waals surface area contributed by atoms with E-state index in [1.807, 2.05) is 0 Å². The third kappa shape index (κ3) is 2.44. The quantitative estimate of drug-likeness (QED) is 0.654. The average Bonchev–Trinajstić information content (AvgIpc) is 2.06. The summed E-state index contributed by atoms with van der Waals surface area (Å²) >= 11 is 0. The monoisotopic (exact) mass is 174 g/mol. The van der Waals surface area contributed by atoms with Gasteiger partial charge >= 0.3 is 0 Å². The number of hydrogen-bond acceptors (Lipinski definition) is 2. The maximum absolute atomic E-state index is 12.6. The van der Waals surface area contributed by atoms with Crippen LogP contribution in [0.3, 0.4) is 0 Å². The summed E-state index contributed by atoms with van der Waals surface area (Å²) in [5.41, 5.74) is 5.24. The van der Waals surface area contributed by atoms with E-state index in [0.717, 1.165) is 0 Å². The Balaban J connectivity index is 2.29. The molecule has 1 rings (SSSR count). The van der Waals surface area contributed by atoms with Gasteiger partial charge in [-0.2, -0.15) is 0 Å². The largest absolute Gasteiger partial charge is 0.342 e. The van der Waals surface area contributed by atoms with E-state index in [1.165, 1.54) is 0 Å². The van der Waals surface area contributed by atoms with E-state index in [2.05, 4.69) is 0 Å². The highest BCUT2D eigenvalue weighted by atomic mass is 19.1. The molecule has 70 valence electrons. The number of nitrogens with zero attached hydrogens (tertiary/aromatic N) is 1. The molecule has 0 spiro atoms. The van der Waals surface area contributed by atoms with Crippen LogP contribution in [-0.4, -0.2) is 36.6 Å². The third-order valence-electron chi connectivity index (χ3n) is 2.14. The highest BCUT2D eigenvalue weighted by Gasteiger charge is 2.21. The van der Waals surface area contributed by atoms with Crippen molar-refractivity contribution in [3.05, 3.63) is 0 Å². The van der Waals surface area contributed by atoms with Crippen LogP contribution >= 0.6 is 0 Å². The standard InChI is InChI=1S/C8H15FN2O/c9-7-2-5-11(6-3-7)8(12)1-4-10/h7H,1-6,10H2. The molecule has 1 fully saturated rings. The molecule has 0 aromatic carbocycles. The fourth-order valence-electron chi connectivity index (χ4n) is 1.38. The maximum atomic E-state index is 12.6. The molecule has 0 aromatic rings. The lowest BCUT2D eigenvalue weighted by atomic mass is 10.1. The Morgan fingerprint density at radius 1 is 1.50 bits per heavy atom. The third-order valence-corrected chi connectivity index (χ3v) is 2.14. The second-order valence-corrected chi connectivity index (χ2v) is 3.09. The number of carbonyl (C=O) groups is 1. The molecule has 1 saturated heterocycles. The Morgan fingerprint density at radius 2 is 2.08 bits per heavy atom. The summed E-state index contributed by atoms with van der Waals surface area (Å²) in [7, 11) is 0. The zero-order valence-electron chi connectivity index (χ0n) is 7.13. The Hall–Kier alpha value is -0.640. The van der Waals surface area contributed by atoms with Crippen LogP contribution in [0.2, 0.25) is 0 Å². The van der Waals surface area contributed by atoms with E-state index >= 15 is 0 Å². The summed E-state index contributed by atoms with van der Waals surface area (Å²) in [6.07, 6.45) is 0.635. The Kier molecular flexibility index (Phi) is 3.47. The highest BCUT2D eigenvalue weighted by molar-refractivity contribution is 5.76. The van der Waals surface area contributed by atoms with Gasteiger partial charge in [0.2, 0.25) is 5.91 Å². The molecule has 0 unspecified atom stereocenters. The van der Waals surface area contributed by atoms with Gasteiger partial charge < -0.3 is 10.6 Å². The first-order valence-electron chi connectivity index (χ1n) is 4.36. The molecule has 1 heterocycles. The number of likely N-dealkylation sites (tertiary alicyclic amines) is 1. The maximum Gasteiger partial charge on any atom is 0.223 e. The van der Waals surface area contributed by atoms with Crippen LogP contribution in [0.25, 0.3) is 0 Å². The van der Waals surface area contributed by atoms with Crippen LogP contribution in [0.1, 0.15) is 19.3 Å². The van der Waals surface area contributed by atoms with E-state index in [9.17, 15) is 9.18 Å². The van der Waals surface area contributed by atoms with E-state index in [0.29, 0.717) is 38.9 Å². The molecular weight excluding hydrogens is 159 g/mol. The van der Waals surface area contributed by atoms with Crippen molar-refractivity contribution in [1.29, 1.82) is 0 Å². The van der Waals surface area contributed by atoms with E-state index in [-0.39, 0.29) is 5.91 Å². The lowest BCUT2D eigenvalue weighted by molar-refractivity contribution is -0.132. The summed E-state index contributed by atoms with van der Waals surface area (Å²) < 4.78 is 12.6. The molecule has 2 N–H and O–H groups in total. The van der Waals surface area contributed by atoms with Crippen LogP contribution in [0.4, 0.5) is 4.39 Å². The fourth-order valence-corrected chi connectivity index (χ4v) is 1.38. The Morgan fingerprint density at radius 3 is 2.58 bits per heavy atom. The smallest absolute Gasteiger partial charge is 0.223 e. The van der Waals surface area contributed by atoms with Gasteiger partial charge in [-0.1, -0.05) is 0 Å². The van der Waals surface area contributed by atoms with Crippen molar-refractivity contribution < 1.29 is 9.18 Å². The minimum Gasteiger partial charge on any atom is -0.342 e. The van der Waals surface area contributed by atoms with E-state index in [1.54, 1.807) is 4.90 Å². The first-order valence-corrected chi connectivity index (χ1v) is 4.36. The number of nitrogens with two attached hydrogens (primary N) is 1. The van der Waals surface area contributed by atoms with Crippen molar-refractivity contribution >= 4 is 5.91 Å². The summed E-state index contributed by atoms with van der Waals surface area (Å²) in [6.45, 7) is 1.49. The van der Waals surface area contributed by atoms with Gasteiger partial charge in [0.25, 0.3) is 0 Å². The van der Waals surface area contributed by atoms with Gasteiger partial charge in [-0.05, 0) is 12.8 Å². The Labute approximate surface area is 71.7 Å². The Bertz CT molecular complexity index is 155. The lowest BCUT2D eigenvalue weighted by Crippen LogP contribution is -2.39. The summed E-state index contributed by atoms with van der Waals surface area (Å²) in [5, 5.41) is 0. The topological polar surface area (TPSA) is 46.3 Å². The summed E-state index contributed by atoms with van der Waals surface area (Å²) in [6, 6.07) is 0. The number of hydrogen-bond donors (Lipinski definition) is 1. The summed E-state index contributed by atoms with van der Waals surface area (Å²) in [5.74, 6) is 0.0596. The van der Waals surface area contributed by atoms with E-state index in [4.69, 9.17) is 5.73 Å². The second kappa shape index (κ2) is 4.40. The van der Waals surface area contributed by atoms with Crippen LogP contribution in [-0.2, 0) is 4.79 Å². The van der Waals surface area contributed by atoms with Crippen LogP contribution in [0.5, 0.6) is 0 Å². The van der Waals surface area contributed by atoms with E-state index < -0.39 is 6.17 Å². The van der Waals surface area contributed by atoms with Crippen molar-refractivity contribution in [1.82, 2.24) is 4.90 Å². The zero-order valence-corrected chi connectivity index (χ0v) is 7.13. The lowest BCUT2D eigenvalue weighted by Gasteiger charge is -2.28. The molecule has 0 radical (unpaired) electrons. The first kappa shape index (κ1) is 9.45. The molecule has 4 heteroatoms. The number of amides is 1. The molecule has 0 aliphatic carbocycles. The fraction of sp³-hybridized carbons (Fsp3) is 0.875.